The Morgan fingerprint density at radius 1 is 1.03 bits per heavy atom. The van der Waals surface area contributed by atoms with Gasteiger partial charge in [-0.1, -0.05) is 19.4 Å². The summed E-state index contributed by atoms with van der Waals surface area (Å²) in [6.07, 6.45) is 2.81. The Kier molecular flexibility index (Phi) is 5.94. The summed E-state index contributed by atoms with van der Waals surface area (Å²) in [5.74, 6) is -3.95. The van der Waals surface area contributed by atoms with Crippen LogP contribution in [0.4, 0.5) is 44.2 Å². The van der Waals surface area contributed by atoms with E-state index >= 15 is 0 Å². The minimum Gasteiger partial charge on any atom is -0.324 e. The number of anilines is 2. The average molecular weight is 543 g/mol. The summed E-state index contributed by atoms with van der Waals surface area (Å²) in [6.45, 7) is 0. The van der Waals surface area contributed by atoms with E-state index in [0.29, 0.717) is 17.6 Å². The maximum Gasteiger partial charge on any atom is 0.310 e. The third kappa shape index (κ3) is 6.51. The number of nitriles is 1. The van der Waals surface area contributed by atoms with Crippen LogP contribution in [0.3, 0.4) is 0 Å². The van der Waals surface area contributed by atoms with Gasteiger partial charge in [0.2, 0.25) is 5.95 Å². The van der Waals surface area contributed by atoms with Crippen LogP contribution >= 0.6 is 10.2 Å². The molecule has 0 aliphatic carbocycles. The highest BCUT2D eigenvalue weighted by Gasteiger charge is 2.65. The van der Waals surface area contributed by atoms with E-state index in [1.807, 2.05) is 4.72 Å². The van der Waals surface area contributed by atoms with Crippen LogP contribution in [0.1, 0.15) is 5.56 Å². The van der Waals surface area contributed by atoms with Crippen molar-refractivity contribution in [3.63, 3.8) is 0 Å². The number of aromatic nitrogens is 2. The lowest BCUT2D eigenvalue weighted by Crippen LogP contribution is -2.19. The van der Waals surface area contributed by atoms with E-state index in [9.17, 15) is 36.8 Å². The molecule has 3 rings (SSSR count). The minimum atomic E-state index is -10.2. The molecule has 0 amide bonds. The molecule has 0 aliphatic heterocycles. The molecule has 16 heteroatoms. The van der Waals surface area contributed by atoms with Crippen LogP contribution in [-0.4, -0.2) is 25.8 Å². The summed E-state index contributed by atoms with van der Waals surface area (Å²) < 4.78 is 123. The molecule has 6 nitrogen and oxygen atoms in total. The van der Waals surface area contributed by atoms with Gasteiger partial charge in [-0.25, -0.2) is 32.1 Å². The molecule has 0 radical (unpaired) electrons. The van der Waals surface area contributed by atoms with Crippen molar-refractivity contribution in [2.45, 2.75) is 4.90 Å². The van der Waals surface area contributed by atoms with Gasteiger partial charge in [0.05, 0.1) is 15.9 Å². The van der Waals surface area contributed by atoms with Gasteiger partial charge in [-0.15, -0.1) is 0 Å². The van der Waals surface area contributed by atoms with Crippen molar-refractivity contribution in [2.24, 2.45) is 0 Å². The minimum absolute atomic E-state index is 0.0267. The SMILES string of the molecule is CS(=O)(=Cc1cc(Nc2ncc(F)c(-c3ccc(F)cc3F)n2)cc(S(F)(F)(F)(F)F)c1)NC#N. The summed E-state index contributed by atoms with van der Waals surface area (Å²) in [7, 11) is -13.6. The fourth-order valence-corrected chi connectivity index (χ4v) is 4.40. The summed E-state index contributed by atoms with van der Waals surface area (Å²) in [5.41, 5.74) is -2.48. The van der Waals surface area contributed by atoms with Crippen molar-refractivity contribution in [3.05, 3.63) is 65.6 Å². The quantitative estimate of drug-likeness (QED) is 0.172. The highest BCUT2D eigenvalue weighted by Crippen LogP contribution is 3.02. The van der Waals surface area contributed by atoms with E-state index in [0.717, 1.165) is 24.5 Å². The fourth-order valence-electron chi connectivity index (χ4n) is 2.79. The molecule has 0 spiro atoms. The first-order valence-corrected chi connectivity index (χ1v) is 13.0. The molecular formula is C19H13F8N5OS2. The zero-order valence-electron chi connectivity index (χ0n) is 17.2. The van der Waals surface area contributed by atoms with Crippen molar-refractivity contribution < 1.29 is 36.8 Å². The van der Waals surface area contributed by atoms with Crippen molar-refractivity contribution in [2.75, 3.05) is 11.6 Å². The van der Waals surface area contributed by atoms with Gasteiger partial charge in [0.15, 0.2) is 12.0 Å². The molecule has 3 aromatic rings. The number of halogens is 8. The predicted octanol–water partition coefficient (Wildman–Crippen LogP) is 6.01. The van der Waals surface area contributed by atoms with Crippen LogP contribution in [-0.2, 0) is 9.71 Å². The van der Waals surface area contributed by atoms with Crippen LogP contribution in [0.2, 0.25) is 0 Å². The van der Waals surface area contributed by atoms with E-state index in [1.165, 1.54) is 6.19 Å². The number of benzene rings is 2. The Bertz CT molecular complexity index is 1500. The molecule has 0 saturated carbocycles. The largest absolute Gasteiger partial charge is 0.324 e. The molecule has 1 heterocycles. The number of hydrogen-bond donors (Lipinski definition) is 2. The molecule has 0 aliphatic rings. The molecule has 188 valence electrons. The van der Waals surface area contributed by atoms with E-state index in [-0.39, 0.29) is 12.1 Å². The van der Waals surface area contributed by atoms with Crippen molar-refractivity contribution in [1.82, 2.24) is 14.7 Å². The second-order valence-corrected chi connectivity index (χ2v) is 11.8. The van der Waals surface area contributed by atoms with E-state index in [2.05, 4.69) is 15.3 Å². The van der Waals surface area contributed by atoms with Gasteiger partial charge in [0.25, 0.3) is 0 Å². The zero-order valence-corrected chi connectivity index (χ0v) is 18.8. The van der Waals surface area contributed by atoms with Gasteiger partial charge in [-0.3, -0.25) is 0 Å². The van der Waals surface area contributed by atoms with Crippen LogP contribution in [0.15, 0.2) is 47.5 Å². The third-order valence-electron chi connectivity index (χ3n) is 4.17. The van der Waals surface area contributed by atoms with Crippen LogP contribution in [0, 0.1) is 28.9 Å². The second kappa shape index (κ2) is 7.99. The molecule has 2 N–H and O–H groups in total. The highest BCUT2D eigenvalue weighted by atomic mass is 32.5. The summed E-state index contributed by atoms with van der Waals surface area (Å²) in [6, 6.07) is 3.05. The smallest absolute Gasteiger partial charge is 0.310 e. The Labute approximate surface area is 193 Å². The molecule has 1 atom stereocenters. The lowest BCUT2D eigenvalue weighted by molar-refractivity contribution is 0.364. The van der Waals surface area contributed by atoms with E-state index < -0.39 is 70.7 Å². The van der Waals surface area contributed by atoms with E-state index in [4.69, 9.17) is 5.26 Å². The first-order chi connectivity index (χ1) is 15.9. The normalized spacial score (nSPS) is 15.2. The summed E-state index contributed by atoms with van der Waals surface area (Å²) >= 11 is 0. The van der Waals surface area contributed by atoms with Crippen LogP contribution in [0.25, 0.3) is 11.3 Å². The second-order valence-electron chi connectivity index (χ2n) is 7.13. The van der Waals surface area contributed by atoms with Crippen LogP contribution in [0.5, 0.6) is 0 Å². The zero-order chi connectivity index (χ0) is 26.3. The number of nitrogens with one attached hydrogen (secondary N) is 2. The van der Waals surface area contributed by atoms with Crippen LogP contribution < -0.4 is 10.0 Å². The molecule has 0 bridgehead atoms. The predicted molar refractivity (Wildman–Crippen MR) is 116 cm³/mol. The van der Waals surface area contributed by atoms with E-state index in [1.54, 1.807) is 0 Å². The lowest BCUT2D eigenvalue weighted by Gasteiger charge is -2.40. The summed E-state index contributed by atoms with van der Waals surface area (Å²) in [5, 5.41) is 11.4. The molecule has 35 heavy (non-hydrogen) atoms. The molecule has 0 saturated heterocycles. The van der Waals surface area contributed by atoms with Gasteiger partial charge < -0.3 is 5.32 Å². The van der Waals surface area contributed by atoms with Gasteiger partial charge in [-0.05, 0) is 35.9 Å². The molecule has 1 aromatic heterocycles. The molecular weight excluding hydrogens is 530 g/mol. The Balaban J connectivity index is 2.15. The maximum absolute atomic E-state index is 14.2. The maximum atomic E-state index is 14.2. The lowest BCUT2D eigenvalue weighted by atomic mass is 10.1. The van der Waals surface area contributed by atoms with Gasteiger partial charge >= 0.3 is 10.2 Å². The molecule has 1 unspecified atom stereocenters. The fraction of sp³-hybridized carbons (Fsp3) is 0.0526. The average Bonchev–Trinajstić information content (AvgIpc) is 2.67. The molecule has 2 aromatic carbocycles. The van der Waals surface area contributed by atoms with Gasteiger partial charge in [0.1, 0.15) is 22.2 Å². The Morgan fingerprint density at radius 2 is 1.71 bits per heavy atom. The monoisotopic (exact) mass is 543 g/mol. The van der Waals surface area contributed by atoms with Crippen molar-refractivity contribution >= 4 is 36.9 Å². The van der Waals surface area contributed by atoms with Crippen molar-refractivity contribution in [3.8, 4) is 17.5 Å². The third-order valence-corrected chi connectivity index (χ3v) is 6.52. The first kappa shape index (κ1) is 26.0. The highest BCUT2D eigenvalue weighted by molar-refractivity contribution is 8.45. The Hall–Kier alpha value is -3.58. The number of hydrogen-bond acceptors (Lipinski definition) is 5. The Morgan fingerprint density at radius 3 is 2.31 bits per heavy atom. The summed E-state index contributed by atoms with van der Waals surface area (Å²) in [4.78, 5) is 4.78. The van der Waals surface area contributed by atoms with Crippen molar-refractivity contribution in [1.29, 1.82) is 5.26 Å². The van der Waals surface area contributed by atoms with Gasteiger partial charge in [0, 0.05) is 28.9 Å². The van der Waals surface area contributed by atoms with Gasteiger partial charge in [-0.2, -0.15) is 5.26 Å². The number of nitrogens with zero attached hydrogens (tertiary/aromatic N) is 3. The first-order valence-electron chi connectivity index (χ1n) is 9.01. The standard InChI is InChI=1S/C19H13F8N5OS2/c1-34(33,30-10-28)9-11-4-13(7-14(5-11)35(23,24,25,26)27)31-19-29-8-17(22)18(32-19)15-3-2-12(20)6-16(15)21/h2-9H,1H3,(H,30,33)(H,29,31,32). The molecule has 0 fully saturated rings. The number of rotatable bonds is 6. The topological polar surface area (TPSA) is 90.7 Å².